The number of amides is 2. The number of halogens is 1. The Kier molecular flexibility index (Phi) is 5.90. The van der Waals surface area contributed by atoms with Gasteiger partial charge in [-0.25, -0.2) is 4.79 Å². The van der Waals surface area contributed by atoms with Gasteiger partial charge in [0.25, 0.3) is 5.91 Å². The summed E-state index contributed by atoms with van der Waals surface area (Å²) in [7, 11) is 0. The fraction of sp³-hybridized carbons (Fsp3) is 0.385. The summed E-state index contributed by atoms with van der Waals surface area (Å²) < 4.78 is 0. The number of hydrogen-bond donors (Lipinski definition) is 1. The molecule has 1 N–H and O–H groups in total. The van der Waals surface area contributed by atoms with Crippen LogP contribution in [-0.2, 0) is 12.8 Å². The van der Waals surface area contributed by atoms with Gasteiger partial charge < -0.3 is 14.9 Å². The van der Waals surface area contributed by atoms with E-state index in [-0.39, 0.29) is 11.9 Å². The van der Waals surface area contributed by atoms with E-state index in [9.17, 15) is 14.7 Å². The Bertz CT molecular complexity index is 1290. The van der Waals surface area contributed by atoms with Gasteiger partial charge >= 0.3 is 6.09 Å². The van der Waals surface area contributed by atoms with Crippen LogP contribution in [0.2, 0.25) is 5.02 Å². The predicted octanol–water partition coefficient (Wildman–Crippen LogP) is 4.69. The van der Waals surface area contributed by atoms with Crippen LogP contribution in [0.15, 0.2) is 36.5 Å². The van der Waals surface area contributed by atoms with Gasteiger partial charge in [0, 0.05) is 60.1 Å². The van der Waals surface area contributed by atoms with E-state index in [1.165, 1.54) is 10.5 Å². The van der Waals surface area contributed by atoms with Crippen LogP contribution in [0.1, 0.15) is 52.1 Å². The third kappa shape index (κ3) is 4.09. The Hall–Kier alpha value is -3.19. The predicted molar refractivity (Wildman–Crippen MR) is 131 cm³/mol. The number of pyridine rings is 2. The highest BCUT2D eigenvalue weighted by Crippen LogP contribution is 2.38. The van der Waals surface area contributed by atoms with Crippen LogP contribution in [0.5, 0.6) is 0 Å². The number of carbonyl (C=O) groups excluding carboxylic acids is 1. The number of aryl methyl sites for hydroxylation is 1. The first-order valence-electron chi connectivity index (χ1n) is 11.6. The number of carbonyl (C=O) groups is 2. The highest BCUT2D eigenvalue weighted by molar-refractivity contribution is 6.36. The molecule has 1 aromatic carbocycles. The minimum Gasteiger partial charge on any atom is -0.465 e. The van der Waals surface area contributed by atoms with E-state index in [1.807, 2.05) is 31.3 Å². The highest BCUT2D eigenvalue weighted by Gasteiger charge is 2.30. The van der Waals surface area contributed by atoms with Crippen molar-refractivity contribution in [2.75, 3.05) is 19.6 Å². The molecule has 2 amide bonds. The summed E-state index contributed by atoms with van der Waals surface area (Å²) in [4.78, 5) is 37.1. The standard InChI is InChI=1S/C26H27ClN4O3/c1-15-7-8-28-21(11-15)17-3-5-19-22(12-17)29-23-13-18(4-6-20(23)24(19)27)25(32)30-9-10-31(26(33)34)16(2)14-30/h4,6-8,11,13,16-17H,3,5,9-10,12,14H2,1-2H3,(H,33,34)/t16-,17?/m1/s1. The maximum atomic E-state index is 13.2. The van der Waals surface area contributed by atoms with Crippen LogP contribution in [0.25, 0.3) is 10.9 Å². The minimum atomic E-state index is -0.951. The molecule has 1 aliphatic heterocycles. The SMILES string of the molecule is Cc1ccnc(C2CCc3c(nc4cc(C(=O)N5CCN(C(=O)O)[C@H](C)C5)ccc4c3Cl)C2)c1. The average molecular weight is 479 g/mol. The van der Waals surface area contributed by atoms with Gasteiger partial charge in [0.15, 0.2) is 0 Å². The van der Waals surface area contributed by atoms with Crippen molar-refractivity contribution >= 4 is 34.5 Å². The Morgan fingerprint density at radius 1 is 1.18 bits per heavy atom. The molecule has 2 aromatic heterocycles. The first-order chi connectivity index (χ1) is 16.3. The smallest absolute Gasteiger partial charge is 0.407 e. The van der Waals surface area contributed by atoms with Crippen molar-refractivity contribution in [3.05, 3.63) is 69.6 Å². The first-order valence-corrected chi connectivity index (χ1v) is 12.0. The van der Waals surface area contributed by atoms with Crippen LogP contribution in [-0.4, -0.2) is 62.6 Å². The number of piperazine rings is 1. The lowest BCUT2D eigenvalue weighted by atomic mass is 9.83. The van der Waals surface area contributed by atoms with Gasteiger partial charge in [0.05, 0.1) is 10.5 Å². The van der Waals surface area contributed by atoms with Gasteiger partial charge in [0.1, 0.15) is 0 Å². The van der Waals surface area contributed by atoms with E-state index in [0.29, 0.717) is 36.6 Å². The maximum absolute atomic E-state index is 13.2. The molecule has 0 saturated carbocycles. The van der Waals surface area contributed by atoms with Gasteiger partial charge in [-0.05, 0) is 68.5 Å². The summed E-state index contributed by atoms with van der Waals surface area (Å²) in [6.07, 6.45) is 3.51. The number of carboxylic acid groups (broad SMARTS) is 1. The minimum absolute atomic E-state index is 0.115. The van der Waals surface area contributed by atoms with E-state index < -0.39 is 6.09 Å². The van der Waals surface area contributed by atoms with Crippen LogP contribution >= 0.6 is 11.6 Å². The van der Waals surface area contributed by atoms with Crippen molar-refractivity contribution in [1.29, 1.82) is 0 Å². The molecule has 5 rings (SSSR count). The second-order valence-electron chi connectivity index (χ2n) is 9.36. The molecule has 3 aromatic rings. The number of hydrogen-bond acceptors (Lipinski definition) is 4. The van der Waals surface area contributed by atoms with E-state index in [0.717, 1.165) is 46.6 Å². The molecule has 176 valence electrons. The van der Waals surface area contributed by atoms with Gasteiger partial charge in [-0.1, -0.05) is 17.7 Å². The van der Waals surface area contributed by atoms with E-state index >= 15 is 0 Å². The Labute approximate surface area is 203 Å². The molecule has 8 heteroatoms. The van der Waals surface area contributed by atoms with E-state index in [1.54, 1.807) is 11.0 Å². The monoisotopic (exact) mass is 478 g/mol. The molecule has 0 radical (unpaired) electrons. The lowest BCUT2D eigenvalue weighted by Gasteiger charge is -2.38. The lowest BCUT2D eigenvalue weighted by molar-refractivity contribution is 0.0507. The second-order valence-corrected chi connectivity index (χ2v) is 9.73. The zero-order chi connectivity index (χ0) is 24.0. The summed E-state index contributed by atoms with van der Waals surface area (Å²) >= 11 is 6.81. The summed E-state index contributed by atoms with van der Waals surface area (Å²) in [5.74, 6) is 0.182. The van der Waals surface area contributed by atoms with Gasteiger partial charge in [-0.15, -0.1) is 0 Å². The summed E-state index contributed by atoms with van der Waals surface area (Å²) in [5.41, 5.74) is 5.61. The van der Waals surface area contributed by atoms with Crippen LogP contribution in [0.4, 0.5) is 4.79 Å². The number of nitrogens with zero attached hydrogens (tertiary/aromatic N) is 4. The van der Waals surface area contributed by atoms with E-state index in [2.05, 4.69) is 18.0 Å². The van der Waals surface area contributed by atoms with Crippen LogP contribution < -0.4 is 0 Å². The molecule has 34 heavy (non-hydrogen) atoms. The molecule has 2 aliphatic rings. The maximum Gasteiger partial charge on any atom is 0.407 e. The molecule has 0 spiro atoms. The second kappa shape index (κ2) is 8.87. The van der Waals surface area contributed by atoms with Crippen molar-refractivity contribution in [2.24, 2.45) is 0 Å². The number of fused-ring (bicyclic) bond motifs is 2. The molecule has 2 atom stereocenters. The molecule has 3 heterocycles. The third-order valence-corrected chi connectivity index (χ3v) is 7.48. The lowest BCUT2D eigenvalue weighted by Crippen LogP contribution is -2.55. The van der Waals surface area contributed by atoms with Crippen molar-refractivity contribution < 1.29 is 14.7 Å². The number of aromatic nitrogens is 2. The first kappa shape index (κ1) is 22.6. The fourth-order valence-electron chi connectivity index (χ4n) is 5.17. The van der Waals surface area contributed by atoms with Crippen molar-refractivity contribution in [3.8, 4) is 0 Å². The molecular formula is C26H27ClN4O3. The van der Waals surface area contributed by atoms with Crippen LogP contribution in [0, 0.1) is 6.92 Å². The Balaban J connectivity index is 1.43. The molecule has 1 fully saturated rings. The topological polar surface area (TPSA) is 86.6 Å². The number of rotatable bonds is 2. The molecule has 1 aliphatic carbocycles. The fourth-order valence-corrected chi connectivity index (χ4v) is 5.53. The zero-order valence-electron chi connectivity index (χ0n) is 19.3. The largest absolute Gasteiger partial charge is 0.465 e. The van der Waals surface area contributed by atoms with Crippen molar-refractivity contribution in [2.45, 2.75) is 45.1 Å². The quantitative estimate of drug-likeness (QED) is 0.577. The van der Waals surface area contributed by atoms with Crippen molar-refractivity contribution in [1.82, 2.24) is 19.8 Å². The molecule has 1 saturated heterocycles. The van der Waals surface area contributed by atoms with Crippen LogP contribution in [0.3, 0.4) is 0 Å². The summed E-state index contributed by atoms with van der Waals surface area (Å²) in [5, 5.41) is 10.9. The van der Waals surface area contributed by atoms with E-state index in [4.69, 9.17) is 16.6 Å². The Morgan fingerprint density at radius 3 is 2.74 bits per heavy atom. The normalized spacial score (nSPS) is 20.3. The third-order valence-electron chi connectivity index (χ3n) is 7.05. The summed E-state index contributed by atoms with van der Waals surface area (Å²) in [6, 6.07) is 9.38. The molecule has 1 unspecified atom stereocenters. The van der Waals surface area contributed by atoms with Crippen molar-refractivity contribution in [3.63, 3.8) is 0 Å². The highest BCUT2D eigenvalue weighted by atomic mass is 35.5. The Morgan fingerprint density at radius 2 is 2.00 bits per heavy atom. The average Bonchev–Trinajstić information content (AvgIpc) is 2.82. The van der Waals surface area contributed by atoms with Gasteiger partial charge in [-0.3, -0.25) is 14.8 Å². The summed E-state index contributed by atoms with van der Waals surface area (Å²) in [6.45, 7) is 4.94. The molecule has 7 nitrogen and oxygen atoms in total. The molecular weight excluding hydrogens is 452 g/mol. The zero-order valence-corrected chi connectivity index (χ0v) is 20.0. The van der Waals surface area contributed by atoms with Gasteiger partial charge in [0.2, 0.25) is 0 Å². The molecule has 0 bridgehead atoms. The van der Waals surface area contributed by atoms with Gasteiger partial charge in [-0.2, -0.15) is 0 Å². The number of benzene rings is 1.